The Kier molecular flexibility index (Phi) is 5.42. The standard InChI is InChI=1S/C14H24N2O/c1-4-14(5-2,6-3)15-10-12-16-11-8-7-9-13(16)17/h7-9,11,15H,4-6,10,12H2,1-3H3. The minimum Gasteiger partial charge on any atom is -0.314 e. The molecule has 0 atom stereocenters. The zero-order valence-electron chi connectivity index (χ0n) is 11.2. The highest BCUT2D eigenvalue weighted by Gasteiger charge is 2.22. The van der Waals surface area contributed by atoms with Gasteiger partial charge in [-0.15, -0.1) is 0 Å². The molecule has 1 heterocycles. The predicted molar refractivity (Wildman–Crippen MR) is 72.3 cm³/mol. The molecule has 0 saturated carbocycles. The van der Waals surface area contributed by atoms with Crippen LogP contribution in [-0.4, -0.2) is 16.7 Å². The van der Waals surface area contributed by atoms with Crippen LogP contribution in [0.2, 0.25) is 0 Å². The number of pyridine rings is 1. The monoisotopic (exact) mass is 236 g/mol. The Morgan fingerprint density at radius 2 is 1.82 bits per heavy atom. The van der Waals surface area contributed by atoms with Crippen LogP contribution in [0.25, 0.3) is 0 Å². The Labute approximate surface area is 104 Å². The first-order valence-electron chi connectivity index (χ1n) is 6.58. The molecule has 0 unspecified atom stereocenters. The fraction of sp³-hybridized carbons (Fsp3) is 0.643. The van der Waals surface area contributed by atoms with Crippen molar-refractivity contribution in [1.29, 1.82) is 0 Å². The van der Waals surface area contributed by atoms with Crippen LogP contribution in [0.5, 0.6) is 0 Å². The number of rotatable bonds is 7. The molecular weight excluding hydrogens is 212 g/mol. The van der Waals surface area contributed by atoms with Gasteiger partial charge in [-0.05, 0) is 25.3 Å². The zero-order chi connectivity index (χ0) is 12.7. The molecular formula is C14H24N2O. The zero-order valence-corrected chi connectivity index (χ0v) is 11.2. The maximum atomic E-state index is 11.5. The molecule has 1 rings (SSSR count). The molecule has 0 bridgehead atoms. The van der Waals surface area contributed by atoms with E-state index in [0.717, 1.165) is 32.4 Å². The number of hydrogen-bond donors (Lipinski definition) is 1. The molecule has 0 aliphatic carbocycles. The third-order valence-electron chi connectivity index (χ3n) is 3.78. The van der Waals surface area contributed by atoms with Crippen molar-refractivity contribution in [2.75, 3.05) is 6.54 Å². The quantitative estimate of drug-likeness (QED) is 0.789. The van der Waals surface area contributed by atoms with E-state index in [2.05, 4.69) is 26.1 Å². The second-order valence-electron chi connectivity index (χ2n) is 4.50. The van der Waals surface area contributed by atoms with Crippen LogP contribution in [0.15, 0.2) is 29.2 Å². The van der Waals surface area contributed by atoms with Gasteiger partial charge in [0.15, 0.2) is 0 Å². The van der Waals surface area contributed by atoms with Crippen molar-refractivity contribution in [3.8, 4) is 0 Å². The molecule has 3 nitrogen and oxygen atoms in total. The van der Waals surface area contributed by atoms with Crippen molar-refractivity contribution in [1.82, 2.24) is 9.88 Å². The van der Waals surface area contributed by atoms with Crippen LogP contribution < -0.4 is 10.9 Å². The predicted octanol–water partition coefficient (Wildman–Crippen LogP) is 2.41. The summed E-state index contributed by atoms with van der Waals surface area (Å²) in [5, 5.41) is 3.60. The highest BCUT2D eigenvalue weighted by atomic mass is 16.1. The molecule has 0 aromatic carbocycles. The maximum Gasteiger partial charge on any atom is 0.250 e. The second kappa shape index (κ2) is 6.60. The lowest BCUT2D eigenvalue weighted by Crippen LogP contribution is -2.45. The van der Waals surface area contributed by atoms with Gasteiger partial charge in [0.05, 0.1) is 0 Å². The number of nitrogens with zero attached hydrogens (tertiary/aromatic N) is 1. The summed E-state index contributed by atoms with van der Waals surface area (Å²) in [4.78, 5) is 11.5. The van der Waals surface area contributed by atoms with E-state index in [-0.39, 0.29) is 11.1 Å². The molecule has 0 aliphatic heterocycles. The summed E-state index contributed by atoms with van der Waals surface area (Å²) >= 11 is 0. The van der Waals surface area contributed by atoms with Gasteiger partial charge < -0.3 is 9.88 Å². The molecule has 0 radical (unpaired) electrons. The van der Waals surface area contributed by atoms with Gasteiger partial charge in [-0.1, -0.05) is 26.8 Å². The van der Waals surface area contributed by atoms with Crippen LogP contribution >= 0.6 is 0 Å². The maximum absolute atomic E-state index is 11.5. The normalized spacial score (nSPS) is 11.7. The van der Waals surface area contributed by atoms with Gasteiger partial charge in [-0.3, -0.25) is 4.79 Å². The van der Waals surface area contributed by atoms with Gasteiger partial charge in [0.1, 0.15) is 0 Å². The Bertz CT molecular complexity index is 372. The third-order valence-corrected chi connectivity index (χ3v) is 3.78. The molecule has 1 N–H and O–H groups in total. The van der Waals surface area contributed by atoms with Crippen LogP contribution in [-0.2, 0) is 6.54 Å². The van der Waals surface area contributed by atoms with Crippen molar-refractivity contribution in [3.05, 3.63) is 34.7 Å². The molecule has 17 heavy (non-hydrogen) atoms. The van der Waals surface area contributed by atoms with E-state index in [4.69, 9.17) is 0 Å². The van der Waals surface area contributed by atoms with Crippen molar-refractivity contribution >= 4 is 0 Å². The highest BCUT2D eigenvalue weighted by molar-refractivity contribution is 4.93. The molecule has 1 aromatic rings. The Hall–Kier alpha value is -1.09. The summed E-state index contributed by atoms with van der Waals surface area (Å²) in [5.41, 5.74) is 0.308. The summed E-state index contributed by atoms with van der Waals surface area (Å²) in [6, 6.07) is 5.28. The molecule has 96 valence electrons. The number of nitrogens with one attached hydrogen (secondary N) is 1. The molecule has 0 saturated heterocycles. The summed E-state index contributed by atoms with van der Waals surface area (Å²) in [5.74, 6) is 0. The lowest BCUT2D eigenvalue weighted by molar-refractivity contribution is 0.285. The topological polar surface area (TPSA) is 34.0 Å². The second-order valence-corrected chi connectivity index (χ2v) is 4.50. The molecule has 0 aliphatic rings. The van der Waals surface area contributed by atoms with Gasteiger partial charge >= 0.3 is 0 Å². The van der Waals surface area contributed by atoms with Gasteiger partial charge in [-0.2, -0.15) is 0 Å². The summed E-state index contributed by atoms with van der Waals surface area (Å²) < 4.78 is 1.75. The van der Waals surface area contributed by atoms with E-state index in [1.54, 1.807) is 16.7 Å². The average molecular weight is 236 g/mol. The van der Waals surface area contributed by atoms with E-state index in [0.29, 0.717) is 0 Å². The van der Waals surface area contributed by atoms with Crippen LogP contribution in [0.3, 0.4) is 0 Å². The molecule has 1 aromatic heterocycles. The van der Waals surface area contributed by atoms with Crippen molar-refractivity contribution in [2.24, 2.45) is 0 Å². The Morgan fingerprint density at radius 1 is 1.18 bits per heavy atom. The minimum absolute atomic E-state index is 0.0735. The Morgan fingerprint density at radius 3 is 2.35 bits per heavy atom. The van der Waals surface area contributed by atoms with Gasteiger partial charge in [0, 0.05) is 30.9 Å². The molecule has 0 spiro atoms. The van der Waals surface area contributed by atoms with Crippen LogP contribution in [0.4, 0.5) is 0 Å². The lowest BCUT2D eigenvalue weighted by Gasteiger charge is -2.32. The fourth-order valence-corrected chi connectivity index (χ4v) is 2.21. The van der Waals surface area contributed by atoms with E-state index >= 15 is 0 Å². The molecule has 3 heteroatoms. The van der Waals surface area contributed by atoms with Crippen molar-refractivity contribution < 1.29 is 0 Å². The van der Waals surface area contributed by atoms with E-state index in [9.17, 15) is 4.79 Å². The number of hydrogen-bond acceptors (Lipinski definition) is 2. The van der Waals surface area contributed by atoms with Crippen LogP contribution in [0.1, 0.15) is 40.0 Å². The first kappa shape index (κ1) is 14.0. The SMILES string of the molecule is CCC(CC)(CC)NCCn1ccccc1=O. The minimum atomic E-state index is 0.0735. The first-order chi connectivity index (χ1) is 8.17. The van der Waals surface area contributed by atoms with Gasteiger partial charge in [0.25, 0.3) is 5.56 Å². The summed E-state index contributed by atoms with van der Waals surface area (Å²) in [7, 11) is 0. The molecule has 0 fully saturated rings. The molecule has 0 amide bonds. The first-order valence-corrected chi connectivity index (χ1v) is 6.58. The van der Waals surface area contributed by atoms with E-state index < -0.39 is 0 Å². The Balaban J connectivity index is 2.52. The van der Waals surface area contributed by atoms with E-state index in [1.165, 1.54) is 0 Å². The number of aromatic nitrogens is 1. The fourth-order valence-electron chi connectivity index (χ4n) is 2.21. The lowest BCUT2D eigenvalue weighted by atomic mass is 9.90. The highest BCUT2D eigenvalue weighted by Crippen LogP contribution is 2.18. The largest absolute Gasteiger partial charge is 0.314 e. The smallest absolute Gasteiger partial charge is 0.250 e. The average Bonchev–Trinajstić information content (AvgIpc) is 2.37. The van der Waals surface area contributed by atoms with Gasteiger partial charge in [-0.25, -0.2) is 0 Å². The third kappa shape index (κ3) is 3.70. The van der Waals surface area contributed by atoms with Crippen molar-refractivity contribution in [2.45, 2.75) is 52.1 Å². The van der Waals surface area contributed by atoms with Gasteiger partial charge in [0.2, 0.25) is 0 Å². The van der Waals surface area contributed by atoms with Crippen LogP contribution in [0, 0.1) is 0 Å². The summed E-state index contributed by atoms with van der Waals surface area (Å²) in [6.45, 7) is 8.24. The summed E-state index contributed by atoms with van der Waals surface area (Å²) in [6.07, 6.45) is 5.23. The van der Waals surface area contributed by atoms with Crippen molar-refractivity contribution in [3.63, 3.8) is 0 Å². The van der Waals surface area contributed by atoms with E-state index in [1.807, 2.05) is 12.3 Å².